The molecule has 0 aliphatic carbocycles. The lowest BCUT2D eigenvalue weighted by Gasteiger charge is -2.09. The van der Waals surface area contributed by atoms with E-state index >= 15 is 0 Å². The van der Waals surface area contributed by atoms with Crippen LogP contribution in [0, 0.1) is 17.0 Å². The van der Waals surface area contributed by atoms with Crippen molar-refractivity contribution >= 4 is 5.84 Å². The summed E-state index contributed by atoms with van der Waals surface area (Å²) in [5.41, 5.74) is 5.48. The van der Waals surface area contributed by atoms with Crippen LogP contribution in [-0.2, 0) is 6.61 Å². The van der Waals surface area contributed by atoms with Crippen LogP contribution in [0.25, 0.3) is 0 Å². The highest BCUT2D eigenvalue weighted by Crippen LogP contribution is 2.19. The standard InChI is InChI=1S/C14H12F2N2O/c15-11-6-1-2-7-12(11)19-8-9-4-3-5-10(13(9)16)14(17)18/h1-7H,8H2,(H3,17,18). The number of halogens is 2. The summed E-state index contributed by atoms with van der Waals surface area (Å²) in [6, 6.07) is 10.4. The van der Waals surface area contributed by atoms with Crippen LogP contribution in [0.3, 0.4) is 0 Å². The van der Waals surface area contributed by atoms with Gasteiger partial charge in [0.2, 0.25) is 0 Å². The Morgan fingerprint density at radius 3 is 2.53 bits per heavy atom. The molecule has 0 aliphatic rings. The molecule has 0 fully saturated rings. The molecule has 3 N–H and O–H groups in total. The zero-order valence-corrected chi connectivity index (χ0v) is 9.99. The molecule has 0 radical (unpaired) electrons. The van der Waals surface area contributed by atoms with Gasteiger partial charge in [0.1, 0.15) is 18.3 Å². The van der Waals surface area contributed by atoms with Crippen molar-refractivity contribution in [1.82, 2.24) is 0 Å². The Hall–Kier alpha value is -2.43. The van der Waals surface area contributed by atoms with Gasteiger partial charge in [0.15, 0.2) is 11.6 Å². The fourth-order valence-corrected chi connectivity index (χ4v) is 1.62. The van der Waals surface area contributed by atoms with Crippen LogP contribution in [0.4, 0.5) is 8.78 Å². The summed E-state index contributed by atoms with van der Waals surface area (Å²) in [6.45, 7) is -0.131. The van der Waals surface area contributed by atoms with Gasteiger partial charge >= 0.3 is 0 Å². The van der Waals surface area contributed by atoms with Crippen molar-refractivity contribution in [3.05, 3.63) is 65.2 Å². The van der Waals surface area contributed by atoms with Crippen LogP contribution in [0.15, 0.2) is 42.5 Å². The number of amidine groups is 1. The molecule has 2 rings (SSSR count). The van der Waals surface area contributed by atoms with E-state index in [1.807, 2.05) is 0 Å². The van der Waals surface area contributed by atoms with Gasteiger partial charge in [0.25, 0.3) is 0 Å². The van der Waals surface area contributed by atoms with E-state index in [0.717, 1.165) is 0 Å². The van der Waals surface area contributed by atoms with Crippen LogP contribution >= 0.6 is 0 Å². The molecule has 0 amide bonds. The maximum atomic E-state index is 13.9. The van der Waals surface area contributed by atoms with Gasteiger partial charge in [-0.15, -0.1) is 0 Å². The zero-order chi connectivity index (χ0) is 13.8. The summed E-state index contributed by atoms with van der Waals surface area (Å²) >= 11 is 0. The second-order valence-corrected chi connectivity index (χ2v) is 3.91. The lowest BCUT2D eigenvalue weighted by molar-refractivity contribution is 0.284. The number of ether oxygens (including phenoxy) is 1. The first-order valence-electron chi connectivity index (χ1n) is 5.58. The number of rotatable bonds is 4. The number of nitrogens with two attached hydrogens (primary N) is 1. The Balaban J connectivity index is 2.19. The van der Waals surface area contributed by atoms with Gasteiger partial charge in [0, 0.05) is 5.56 Å². The first-order valence-corrected chi connectivity index (χ1v) is 5.58. The molecule has 0 atom stereocenters. The highest BCUT2D eigenvalue weighted by molar-refractivity contribution is 5.95. The summed E-state index contributed by atoms with van der Waals surface area (Å²) in [5, 5.41) is 7.24. The van der Waals surface area contributed by atoms with Crippen molar-refractivity contribution in [1.29, 1.82) is 5.41 Å². The van der Waals surface area contributed by atoms with Gasteiger partial charge in [-0.3, -0.25) is 5.41 Å². The molecule has 0 saturated carbocycles. The third-order valence-corrected chi connectivity index (χ3v) is 2.59. The first kappa shape index (κ1) is 13.0. The van der Waals surface area contributed by atoms with Crippen molar-refractivity contribution in [3.63, 3.8) is 0 Å². The largest absolute Gasteiger partial charge is 0.486 e. The summed E-state index contributed by atoms with van der Waals surface area (Å²) in [5.74, 6) is -1.43. The third kappa shape index (κ3) is 2.88. The SMILES string of the molecule is N=C(N)c1cccc(COc2ccccc2F)c1F. The summed E-state index contributed by atoms with van der Waals surface area (Å²) in [6.07, 6.45) is 0. The molecular formula is C14H12F2N2O. The molecule has 0 saturated heterocycles. The zero-order valence-electron chi connectivity index (χ0n) is 9.99. The topological polar surface area (TPSA) is 59.1 Å². The Labute approximate surface area is 109 Å². The van der Waals surface area contributed by atoms with Crippen LogP contribution in [-0.4, -0.2) is 5.84 Å². The van der Waals surface area contributed by atoms with Crippen molar-refractivity contribution in [3.8, 4) is 5.75 Å². The smallest absolute Gasteiger partial charge is 0.165 e. The first-order chi connectivity index (χ1) is 9.09. The molecule has 2 aromatic rings. The minimum atomic E-state index is -0.619. The molecule has 0 heterocycles. The highest BCUT2D eigenvalue weighted by atomic mass is 19.1. The average Bonchev–Trinajstić information content (AvgIpc) is 2.39. The average molecular weight is 262 g/mol. The summed E-state index contributed by atoms with van der Waals surface area (Å²) in [7, 11) is 0. The van der Waals surface area contributed by atoms with E-state index in [9.17, 15) is 8.78 Å². The molecule has 5 heteroatoms. The van der Waals surface area contributed by atoms with Gasteiger partial charge in [-0.2, -0.15) is 0 Å². The second kappa shape index (κ2) is 5.48. The molecule has 2 aromatic carbocycles. The predicted octanol–water partition coefficient (Wildman–Crippen LogP) is 2.83. The number of nitrogen functional groups attached to an aromatic ring is 1. The van der Waals surface area contributed by atoms with Crippen molar-refractivity contribution < 1.29 is 13.5 Å². The Kier molecular flexibility index (Phi) is 3.75. The minimum Gasteiger partial charge on any atom is -0.486 e. The Bertz CT molecular complexity index is 614. The van der Waals surface area contributed by atoms with E-state index in [0.29, 0.717) is 0 Å². The van der Waals surface area contributed by atoms with Crippen molar-refractivity contribution in [2.24, 2.45) is 5.73 Å². The van der Waals surface area contributed by atoms with Crippen LogP contribution in [0.5, 0.6) is 5.75 Å². The number of benzene rings is 2. The van der Waals surface area contributed by atoms with E-state index in [-0.39, 0.29) is 29.3 Å². The lowest BCUT2D eigenvalue weighted by atomic mass is 10.1. The predicted molar refractivity (Wildman–Crippen MR) is 68.1 cm³/mol. The molecular weight excluding hydrogens is 250 g/mol. The Morgan fingerprint density at radius 1 is 1.11 bits per heavy atom. The number of nitrogens with one attached hydrogen (secondary N) is 1. The second-order valence-electron chi connectivity index (χ2n) is 3.91. The minimum absolute atomic E-state index is 0.00892. The van der Waals surface area contributed by atoms with E-state index in [1.54, 1.807) is 18.2 Å². The number of hydrogen-bond acceptors (Lipinski definition) is 2. The van der Waals surface area contributed by atoms with Gasteiger partial charge in [-0.05, 0) is 18.2 Å². The summed E-state index contributed by atoms with van der Waals surface area (Å²) < 4.78 is 32.5. The monoisotopic (exact) mass is 262 g/mol. The van der Waals surface area contributed by atoms with E-state index in [2.05, 4.69) is 0 Å². The molecule has 19 heavy (non-hydrogen) atoms. The molecule has 0 unspecified atom stereocenters. The van der Waals surface area contributed by atoms with Crippen molar-refractivity contribution in [2.75, 3.05) is 0 Å². The fraction of sp³-hybridized carbons (Fsp3) is 0.0714. The lowest BCUT2D eigenvalue weighted by Crippen LogP contribution is -2.14. The van der Waals surface area contributed by atoms with E-state index in [4.69, 9.17) is 15.9 Å². The molecule has 0 bridgehead atoms. The van der Waals surface area contributed by atoms with Gasteiger partial charge in [0.05, 0.1) is 5.56 Å². The van der Waals surface area contributed by atoms with Crippen LogP contribution in [0.2, 0.25) is 0 Å². The molecule has 0 aliphatic heterocycles. The molecule has 0 aromatic heterocycles. The number of hydrogen-bond donors (Lipinski definition) is 2. The Morgan fingerprint density at radius 2 is 1.84 bits per heavy atom. The van der Waals surface area contributed by atoms with Crippen molar-refractivity contribution in [2.45, 2.75) is 6.61 Å². The maximum Gasteiger partial charge on any atom is 0.165 e. The van der Waals surface area contributed by atoms with Gasteiger partial charge < -0.3 is 10.5 Å². The molecule has 0 spiro atoms. The normalized spacial score (nSPS) is 10.2. The van der Waals surface area contributed by atoms with E-state index < -0.39 is 11.6 Å². The summed E-state index contributed by atoms with van der Waals surface area (Å²) in [4.78, 5) is 0. The van der Waals surface area contributed by atoms with Gasteiger partial charge in [-0.25, -0.2) is 8.78 Å². The highest BCUT2D eigenvalue weighted by Gasteiger charge is 2.11. The third-order valence-electron chi connectivity index (χ3n) is 2.59. The van der Waals surface area contributed by atoms with Crippen LogP contribution < -0.4 is 10.5 Å². The molecule has 98 valence electrons. The van der Waals surface area contributed by atoms with Gasteiger partial charge in [-0.1, -0.05) is 24.3 Å². The maximum absolute atomic E-state index is 13.9. The van der Waals surface area contributed by atoms with E-state index in [1.165, 1.54) is 24.3 Å². The number of para-hydroxylation sites is 1. The quantitative estimate of drug-likeness (QED) is 0.657. The van der Waals surface area contributed by atoms with Crippen LogP contribution in [0.1, 0.15) is 11.1 Å². The molecule has 3 nitrogen and oxygen atoms in total. The fourth-order valence-electron chi connectivity index (χ4n) is 1.62.